The maximum atomic E-state index is 10.8. The lowest BCUT2D eigenvalue weighted by Crippen LogP contribution is -2.60. The summed E-state index contributed by atoms with van der Waals surface area (Å²) in [5.41, 5.74) is -0.641. The molecule has 2 rings (SSSR count). The van der Waals surface area contributed by atoms with E-state index in [9.17, 15) is 15.2 Å². The fourth-order valence-electron chi connectivity index (χ4n) is 1.60. The minimum Gasteiger partial charge on any atom is -0.387 e. The van der Waals surface area contributed by atoms with Crippen LogP contribution in [0.25, 0.3) is 0 Å². The molecule has 1 saturated heterocycles. The molecule has 1 aliphatic heterocycles. The molecule has 1 aromatic heterocycles. The van der Waals surface area contributed by atoms with Gasteiger partial charge in [0.25, 0.3) is 5.69 Å². The third-order valence-corrected chi connectivity index (χ3v) is 2.95. The topological polar surface area (TPSA) is 88.3 Å². The number of halogens is 1. The molecule has 16 heavy (non-hydrogen) atoms. The predicted molar refractivity (Wildman–Crippen MR) is 60.1 cm³/mol. The molecule has 0 amide bonds. The van der Waals surface area contributed by atoms with E-state index in [1.54, 1.807) is 0 Å². The number of nitrogens with one attached hydrogen (secondary N) is 1. The quantitative estimate of drug-likeness (QED) is 0.629. The first kappa shape index (κ1) is 11.4. The summed E-state index contributed by atoms with van der Waals surface area (Å²) in [5, 5.41) is 23.6. The Morgan fingerprint density at radius 2 is 2.38 bits per heavy atom. The average molecular weight is 288 g/mol. The molecule has 1 aliphatic rings. The molecule has 1 aromatic rings. The number of nitro groups is 1. The van der Waals surface area contributed by atoms with Crippen LogP contribution in [0.2, 0.25) is 0 Å². The molecule has 0 unspecified atom stereocenters. The minimum absolute atomic E-state index is 0.0605. The zero-order valence-corrected chi connectivity index (χ0v) is 9.90. The van der Waals surface area contributed by atoms with Gasteiger partial charge >= 0.3 is 0 Å². The summed E-state index contributed by atoms with van der Waals surface area (Å²) in [7, 11) is 0. The van der Waals surface area contributed by atoms with E-state index < -0.39 is 10.5 Å². The molecule has 0 atom stereocenters. The van der Waals surface area contributed by atoms with Crippen molar-refractivity contribution in [2.75, 3.05) is 13.1 Å². The van der Waals surface area contributed by atoms with Gasteiger partial charge in [-0.2, -0.15) is 0 Å². The Kier molecular flexibility index (Phi) is 2.92. The molecule has 0 saturated carbocycles. The van der Waals surface area contributed by atoms with Gasteiger partial charge in [0.15, 0.2) is 0 Å². The maximum Gasteiger partial charge on any atom is 0.291 e. The number of aliphatic hydroxyl groups is 1. The smallest absolute Gasteiger partial charge is 0.291 e. The summed E-state index contributed by atoms with van der Waals surface area (Å²) in [6.45, 7) is 0.893. The van der Waals surface area contributed by atoms with Crippen LogP contribution >= 0.6 is 15.9 Å². The van der Waals surface area contributed by atoms with E-state index in [0.717, 1.165) is 0 Å². The van der Waals surface area contributed by atoms with Gasteiger partial charge in [-0.25, -0.2) is 0 Å². The van der Waals surface area contributed by atoms with Gasteiger partial charge in [0.2, 0.25) is 0 Å². The van der Waals surface area contributed by atoms with Gasteiger partial charge in [0, 0.05) is 36.2 Å². The summed E-state index contributed by atoms with van der Waals surface area (Å²) in [5.74, 6) is 0. The first-order valence-corrected chi connectivity index (χ1v) is 5.51. The highest BCUT2D eigenvalue weighted by molar-refractivity contribution is 9.10. The van der Waals surface area contributed by atoms with Crippen molar-refractivity contribution >= 4 is 21.6 Å². The van der Waals surface area contributed by atoms with Gasteiger partial charge in [-0.1, -0.05) is 0 Å². The van der Waals surface area contributed by atoms with Crippen LogP contribution in [0.1, 0.15) is 5.69 Å². The standard InChI is InChI=1S/C9H10BrN3O3/c10-6-1-8(13(15)16)7(12-3-6)2-9(14)4-11-5-9/h1,3,11,14H,2,4-5H2. The molecule has 0 bridgehead atoms. The molecule has 86 valence electrons. The number of pyridine rings is 1. The van der Waals surface area contributed by atoms with E-state index in [1.165, 1.54) is 12.3 Å². The highest BCUT2D eigenvalue weighted by Gasteiger charge is 2.36. The Balaban J connectivity index is 2.29. The lowest BCUT2D eigenvalue weighted by molar-refractivity contribution is -0.386. The fourth-order valence-corrected chi connectivity index (χ4v) is 1.92. The van der Waals surface area contributed by atoms with Crippen molar-refractivity contribution in [2.24, 2.45) is 0 Å². The van der Waals surface area contributed by atoms with Crippen LogP contribution in [0.4, 0.5) is 5.69 Å². The largest absolute Gasteiger partial charge is 0.387 e. The number of hydrogen-bond donors (Lipinski definition) is 2. The summed E-state index contributed by atoms with van der Waals surface area (Å²) < 4.78 is 0.557. The first-order chi connectivity index (χ1) is 7.50. The molecule has 2 N–H and O–H groups in total. The van der Waals surface area contributed by atoms with Crippen LogP contribution in [0.3, 0.4) is 0 Å². The van der Waals surface area contributed by atoms with E-state index in [1.807, 2.05) is 0 Å². The van der Waals surface area contributed by atoms with Crippen LogP contribution < -0.4 is 5.32 Å². The molecular formula is C9H10BrN3O3. The normalized spacial score (nSPS) is 17.9. The van der Waals surface area contributed by atoms with Gasteiger partial charge in [-0.15, -0.1) is 0 Å². The molecule has 0 aliphatic carbocycles. The van der Waals surface area contributed by atoms with E-state index in [-0.39, 0.29) is 12.1 Å². The van der Waals surface area contributed by atoms with Gasteiger partial charge in [-0.3, -0.25) is 15.1 Å². The fraction of sp³-hybridized carbons (Fsp3) is 0.444. The van der Waals surface area contributed by atoms with Gasteiger partial charge in [-0.05, 0) is 15.9 Å². The number of β-amino-alcohol motifs (C(OH)–C–C–N with tert-alkyl or cyclic N) is 1. The minimum atomic E-state index is -0.897. The Labute approximate surface area is 100.0 Å². The van der Waals surface area contributed by atoms with E-state index in [4.69, 9.17) is 0 Å². The molecule has 2 heterocycles. The van der Waals surface area contributed by atoms with Crippen molar-refractivity contribution in [3.63, 3.8) is 0 Å². The molecule has 0 aromatic carbocycles. The lowest BCUT2D eigenvalue weighted by atomic mass is 9.91. The van der Waals surface area contributed by atoms with Crippen molar-refractivity contribution in [3.05, 3.63) is 32.5 Å². The SMILES string of the molecule is O=[N+]([O-])c1cc(Br)cnc1CC1(O)CNC1. The summed E-state index contributed by atoms with van der Waals surface area (Å²) in [4.78, 5) is 14.3. The first-order valence-electron chi connectivity index (χ1n) is 4.72. The maximum absolute atomic E-state index is 10.8. The zero-order chi connectivity index (χ0) is 11.8. The second kappa shape index (κ2) is 4.08. The second-order valence-corrected chi connectivity index (χ2v) is 4.80. The highest BCUT2D eigenvalue weighted by Crippen LogP contribution is 2.26. The predicted octanol–water partition coefficient (Wildman–Crippen LogP) is 0.629. The third-order valence-electron chi connectivity index (χ3n) is 2.52. The van der Waals surface area contributed by atoms with Crippen LogP contribution in [-0.4, -0.2) is 33.7 Å². The number of aromatic nitrogens is 1. The summed E-state index contributed by atoms with van der Waals surface area (Å²) >= 11 is 3.13. The molecule has 7 heteroatoms. The van der Waals surface area contributed by atoms with Crippen molar-refractivity contribution in [3.8, 4) is 0 Å². The van der Waals surface area contributed by atoms with E-state index in [2.05, 4.69) is 26.2 Å². The Morgan fingerprint density at radius 1 is 1.69 bits per heavy atom. The van der Waals surface area contributed by atoms with E-state index in [0.29, 0.717) is 23.3 Å². The van der Waals surface area contributed by atoms with Crippen molar-refractivity contribution < 1.29 is 10.0 Å². The molecule has 0 spiro atoms. The summed E-state index contributed by atoms with van der Waals surface area (Å²) in [6, 6.07) is 1.40. The van der Waals surface area contributed by atoms with Crippen LogP contribution in [0.5, 0.6) is 0 Å². The van der Waals surface area contributed by atoms with Crippen LogP contribution in [0.15, 0.2) is 16.7 Å². The number of rotatable bonds is 3. The zero-order valence-electron chi connectivity index (χ0n) is 8.31. The molecular weight excluding hydrogens is 278 g/mol. The van der Waals surface area contributed by atoms with Gasteiger partial charge < -0.3 is 10.4 Å². The summed E-state index contributed by atoms with van der Waals surface area (Å²) in [6.07, 6.45) is 1.70. The average Bonchev–Trinajstić information content (AvgIpc) is 2.18. The second-order valence-electron chi connectivity index (χ2n) is 3.88. The van der Waals surface area contributed by atoms with Crippen molar-refractivity contribution in [1.29, 1.82) is 0 Å². The Bertz CT molecular complexity index is 434. The highest BCUT2D eigenvalue weighted by atomic mass is 79.9. The van der Waals surface area contributed by atoms with Gasteiger partial charge in [0.1, 0.15) is 5.69 Å². The number of hydrogen-bond acceptors (Lipinski definition) is 5. The monoisotopic (exact) mass is 287 g/mol. The number of nitrogens with zero attached hydrogens (tertiary/aromatic N) is 2. The Hall–Kier alpha value is -1.05. The van der Waals surface area contributed by atoms with Crippen molar-refractivity contribution in [2.45, 2.75) is 12.0 Å². The van der Waals surface area contributed by atoms with Crippen LogP contribution in [0, 0.1) is 10.1 Å². The Morgan fingerprint density at radius 3 is 2.88 bits per heavy atom. The van der Waals surface area contributed by atoms with Crippen LogP contribution in [-0.2, 0) is 6.42 Å². The van der Waals surface area contributed by atoms with Gasteiger partial charge in [0.05, 0.1) is 10.5 Å². The molecule has 1 fully saturated rings. The lowest BCUT2D eigenvalue weighted by Gasteiger charge is -2.37. The van der Waals surface area contributed by atoms with Crippen molar-refractivity contribution in [1.82, 2.24) is 10.3 Å². The molecule has 0 radical (unpaired) electrons. The van der Waals surface area contributed by atoms with E-state index >= 15 is 0 Å². The molecule has 6 nitrogen and oxygen atoms in total. The third kappa shape index (κ3) is 2.21.